The minimum absolute atomic E-state index is 0.0827. The van der Waals surface area contributed by atoms with Gasteiger partial charge in [-0.2, -0.15) is 0 Å². The smallest absolute Gasteiger partial charge is 0.228 e. The highest BCUT2D eigenvalue weighted by Gasteiger charge is 2.30. The Morgan fingerprint density at radius 3 is 3.07 bits per heavy atom. The van der Waals surface area contributed by atoms with Gasteiger partial charge in [-0.15, -0.1) is 6.58 Å². The molecule has 1 unspecified atom stereocenters. The minimum atomic E-state index is 0.0827. The largest absolute Gasteiger partial charge is 0.295 e. The van der Waals surface area contributed by atoms with Crippen molar-refractivity contribution in [3.8, 4) is 0 Å². The molecule has 15 heavy (non-hydrogen) atoms. The number of nitrogens with zero attached hydrogens (tertiary/aromatic N) is 3. The van der Waals surface area contributed by atoms with Crippen molar-refractivity contribution >= 4 is 27.7 Å². The quantitative estimate of drug-likeness (QED) is 0.768. The average molecular weight is 268 g/mol. The fourth-order valence-corrected chi connectivity index (χ4v) is 2.04. The van der Waals surface area contributed by atoms with Crippen molar-refractivity contribution in [3.63, 3.8) is 0 Å². The second-order valence-corrected chi connectivity index (χ2v) is 4.25. The molecule has 0 aliphatic carbocycles. The Morgan fingerprint density at radius 2 is 2.47 bits per heavy atom. The molecule has 0 radical (unpaired) electrons. The van der Waals surface area contributed by atoms with Crippen LogP contribution in [-0.2, 0) is 4.79 Å². The zero-order valence-electron chi connectivity index (χ0n) is 8.06. The van der Waals surface area contributed by atoms with Gasteiger partial charge < -0.3 is 0 Å². The lowest BCUT2D eigenvalue weighted by molar-refractivity contribution is -0.117. The third-order valence-electron chi connectivity index (χ3n) is 2.39. The first-order valence-corrected chi connectivity index (χ1v) is 5.40. The van der Waals surface area contributed by atoms with Crippen molar-refractivity contribution in [1.29, 1.82) is 0 Å². The molecule has 2 heterocycles. The summed E-state index contributed by atoms with van der Waals surface area (Å²) < 4.78 is 0.739. The molecule has 1 atom stereocenters. The van der Waals surface area contributed by atoms with Crippen LogP contribution in [0.5, 0.6) is 0 Å². The summed E-state index contributed by atoms with van der Waals surface area (Å²) >= 11 is 3.33. The number of hydrogen-bond acceptors (Lipinski definition) is 3. The van der Waals surface area contributed by atoms with Crippen LogP contribution in [-0.4, -0.2) is 22.4 Å². The molecule has 1 aliphatic rings. The molecule has 0 N–H and O–H groups in total. The van der Waals surface area contributed by atoms with E-state index in [4.69, 9.17) is 0 Å². The average Bonchev–Trinajstić information content (AvgIpc) is 2.60. The number of rotatable bonds is 2. The second-order valence-electron chi connectivity index (χ2n) is 3.40. The standard InChI is InChI=1S/C10H10BrN3O/c1-2-7-3-9(15)14(5-7)10-8(11)4-12-6-13-10/h2,4,6-7H,1,3,5H2. The van der Waals surface area contributed by atoms with Gasteiger partial charge in [0, 0.05) is 25.1 Å². The number of anilines is 1. The molecule has 1 aliphatic heterocycles. The van der Waals surface area contributed by atoms with Crippen LogP contribution in [0, 0.1) is 5.92 Å². The summed E-state index contributed by atoms with van der Waals surface area (Å²) in [6.45, 7) is 4.36. The summed E-state index contributed by atoms with van der Waals surface area (Å²) in [6, 6.07) is 0. The van der Waals surface area contributed by atoms with Crippen molar-refractivity contribution in [2.45, 2.75) is 6.42 Å². The van der Waals surface area contributed by atoms with E-state index < -0.39 is 0 Å². The Hall–Kier alpha value is -1.23. The maximum absolute atomic E-state index is 11.7. The first-order chi connectivity index (χ1) is 7.22. The van der Waals surface area contributed by atoms with Crippen LogP contribution in [0.2, 0.25) is 0 Å². The van der Waals surface area contributed by atoms with E-state index >= 15 is 0 Å². The molecule has 0 aromatic carbocycles. The van der Waals surface area contributed by atoms with Crippen LogP contribution < -0.4 is 4.90 Å². The normalized spacial score (nSPS) is 20.7. The molecule has 1 amide bonds. The fourth-order valence-electron chi connectivity index (χ4n) is 1.60. The third kappa shape index (κ3) is 1.92. The van der Waals surface area contributed by atoms with E-state index in [2.05, 4.69) is 32.5 Å². The van der Waals surface area contributed by atoms with Crippen molar-refractivity contribution in [3.05, 3.63) is 29.7 Å². The monoisotopic (exact) mass is 267 g/mol. The first-order valence-electron chi connectivity index (χ1n) is 4.61. The van der Waals surface area contributed by atoms with E-state index in [0.717, 1.165) is 4.47 Å². The maximum atomic E-state index is 11.7. The SMILES string of the molecule is C=CC1CC(=O)N(c2ncncc2Br)C1. The molecule has 5 heteroatoms. The van der Waals surface area contributed by atoms with Crippen molar-refractivity contribution in [1.82, 2.24) is 9.97 Å². The molecule has 0 spiro atoms. The number of carbonyl (C=O) groups excluding carboxylic acids is 1. The zero-order valence-corrected chi connectivity index (χ0v) is 9.64. The van der Waals surface area contributed by atoms with Crippen molar-refractivity contribution < 1.29 is 4.79 Å². The Morgan fingerprint density at radius 1 is 1.67 bits per heavy atom. The lowest BCUT2D eigenvalue weighted by Gasteiger charge is -2.15. The predicted molar refractivity (Wildman–Crippen MR) is 60.4 cm³/mol. The minimum Gasteiger partial charge on any atom is -0.295 e. The summed E-state index contributed by atoms with van der Waals surface area (Å²) in [5.74, 6) is 0.943. The van der Waals surface area contributed by atoms with Crippen LogP contribution in [0.1, 0.15) is 6.42 Å². The first kappa shape index (κ1) is 10.3. The number of carbonyl (C=O) groups is 1. The lowest BCUT2D eigenvalue weighted by atomic mass is 10.1. The molecule has 78 valence electrons. The highest BCUT2D eigenvalue weighted by Crippen LogP contribution is 2.28. The van der Waals surface area contributed by atoms with Crippen LogP contribution in [0.25, 0.3) is 0 Å². The second kappa shape index (κ2) is 4.10. The summed E-state index contributed by atoms with van der Waals surface area (Å²) in [5.41, 5.74) is 0. The highest BCUT2D eigenvalue weighted by atomic mass is 79.9. The van der Waals surface area contributed by atoms with Gasteiger partial charge in [0.2, 0.25) is 5.91 Å². The van der Waals surface area contributed by atoms with Gasteiger partial charge in [-0.3, -0.25) is 9.69 Å². The highest BCUT2D eigenvalue weighted by molar-refractivity contribution is 9.10. The van der Waals surface area contributed by atoms with Gasteiger partial charge in [0.15, 0.2) is 5.82 Å². The molecule has 1 aromatic rings. The third-order valence-corrected chi connectivity index (χ3v) is 2.95. The van der Waals surface area contributed by atoms with Gasteiger partial charge >= 0.3 is 0 Å². The number of amides is 1. The van der Waals surface area contributed by atoms with Gasteiger partial charge in [0.05, 0.1) is 4.47 Å². The molecule has 0 bridgehead atoms. The Labute approximate surface area is 96.2 Å². The van der Waals surface area contributed by atoms with Crippen LogP contribution >= 0.6 is 15.9 Å². The van der Waals surface area contributed by atoms with Crippen molar-refractivity contribution in [2.75, 3.05) is 11.4 Å². The predicted octanol–water partition coefficient (Wildman–Crippen LogP) is 1.78. The van der Waals surface area contributed by atoms with E-state index in [9.17, 15) is 4.79 Å². The van der Waals surface area contributed by atoms with Gasteiger partial charge in [0.1, 0.15) is 6.33 Å². The summed E-state index contributed by atoms with van der Waals surface area (Å²) in [6.07, 6.45) is 5.40. The lowest BCUT2D eigenvalue weighted by Crippen LogP contribution is -2.25. The topological polar surface area (TPSA) is 46.1 Å². The molecule has 1 saturated heterocycles. The zero-order chi connectivity index (χ0) is 10.8. The van der Waals surface area contributed by atoms with Gasteiger partial charge in [-0.1, -0.05) is 6.08 Å². The van der Waals surface area contributed by atoms with Gasteiger partial charge in [-0.05, 0) is 15.9 Å². The van der Waals surface area contributed by atoms with E-state index in [-0.39, 0.29) is 11.8 Å². The molecular weight excluding hydrogens is 258 g/mol. The molecule has 1 fully saturated rings. The van der Waals surface area contributed by atoms with Crippen molar-refractivity contribution in [2.24, 2.45) is 5.92 Å². The van der Waals surface area contributed by atoms with E-state index in [1.54, 1.807) is 11.1 Å². The van der Waals surface area contributed by atoms with E-state index in [1.165, 1.54) is 6.33 Å². The molecule has 1 aromatic heterocycles. The summed E-state index contributed by atoms with van der Waals surface area (Å²) in [5, 5.41) is 0. The maximum Gasteiger partial charge on any atom is 0.228 e. The Kier molecular flexibility index (Phi) is 2.81. The van der Waals surface area contributed by atoms with E-state index in [1.807, 2.05) is 6.08 Å². The molecule has 2 rings (SSSR count). The van der Waals surface area contributed by atoms with E-state index in [0.29, 0.717) is 18.8 Å². The molecule has 0 saturated carbocycles. The Bertz CT molecular complexity index is 407. The number of hydrogen-bond donors (Lipinski definition) is 0. The summed E-state index contributed by atoms with van der Waals surface area (Å²) in [4.78, 5) is 21.3. The summed E-state index contributed by atoms with van der Waals surface area (Å²) in [7, 11) is 0. The Balaban J connectivity index is 2.29. The van der Waals surface area contributed by atoms with Crippen LogP contribution in [0.3, 0.4) is 0 Å². The number of halogens is 1. The molecular formula is C10H10BrN3O. The van der Waals surface area contributed by atoms with Gasteiger partial charge in [-0.25, -0.2) is 9.97 Å². The van der Waals surface area contributed by atoms with Gasteiger partial charge in [0.25, 0.3) is 0 Å². The van der Waals surface area contributed by atoms with Crippen LogP contribution in [0.4, 0.5) is 5.82 Å². The van der Waals surface area contributed by atoms with Crippen LogP contribution in [0.15, 0.2) is 29.7 Å². The molecule has 4 nitrogen and oxygen atoms in total. The fraction of sp³-hybridized carbons (Fsp3) is 0.300. The number of aromatic nitrogens is 2.